The van der Waals surface area contributed by atoms with E-state index in [0.717, 1.165) is 69.0 Å². The first-order valence-corrected chi connectivity index (χ1v) is 18.0. The van der Waals surface area contributed by atoms with Crippen molar-refractivity contribution in [3.05, 3.63) is 142 Å². The second-order valence-electron chi connectivity index (χ2n) is 13.4. The number of alkyl halides is 3. The Hall–Kier alpha value is -5.92. The monoisotopic (exact) mass is 726 g/mol. The topological polar surface area (TPSA) is 96.2 Å². The molecule has 6 aromatic rings. The minimum Gasteiger partial charge on any atom is -0.460 e. The summed E-state index contributed by atoms with van der Waals surface area (Å²) in [5.74, 6) is -2.48. The van der Waals surface area contributed by atoms with Gasteiger partial charge in [0.2, 0.25) is 5.82 Å². The highest BCUT2D eigenvalue weighted by Crippen LogP contribution is 2.51. The third-order valence-electron chi connectivity index (χ3n) is 10.4. The molecule has 7 rings (SSSR count). The molecule has 1 aromatic heterocycles. The average Bonchev–Trinajstić information content (AvgIpc) is 3.19. The van der Waals surface area contributed by atoms with Crippen LogP contribution in [0.2, 0.25) is 0 Å². The van der Waals surface area contributed by atoms with Gasteiger partial charge in [-0.05, 0) is 93.6 Å². The van der Waals surface area contributed by atoms with Gasteiger partial charge in [-0.2, -0.15) is 18.4 Å². The molecular weight excluding hydrogens is 690 g/mol. The second kappa shape index (κ2) is 14.8. The molecule has 0 saturated heterocycles. The van der Waals surface area contributed by atoms with Crippen LogP contribution in [0.5, 0.6) is 0 Å². The Balaban J connectivity index is 1.65. The van der Waals surface area contributed by atoms with E-state index in [2.05, 4.69) is 41.9 Å². The molecular formula is C44H37F3N4O3. The number of hydrogen-bond donors (Lipinski definition) is 0. The molecule has 0 radical (unpaired) electrons. The van der Waals surface area contributed by atoms with Crippen LogP contribution in [0.15, 0.2) is 97.2 Å². The van der Waals surface area contributed by atoms with E-state index in [-0.39, 0.29) is 30.2 Å². The van der Waals surface area contributed by atoms with Crippen LogP contribution in [0.3, 0.4) is 0 Å². The van der Waals surface area contributed by atoms with Crippen LogP contribution in [-0.2, 0) is 22.3 Å². The Morgan fingerprint density at radius 3 is 2.33 bits per heavy atom. The van der Waals surface area contributed by atoms with Gasteiger partial charge in [-0.1, -0.05) is 80.6 Å². The van der Waals surface area contributed by atoms with Gasteiger partial charge in [0.25, 0.3) is 0 Å². The average molecular weight is 727 g/mol. The third kappa shape index (κ3) is 6.60. The largest absolute Gasteiger partial charge is 0.460 e. The van der Waals surface area contributed by atoms with Crippen LogP contribution in [-0.4, -0.2) is 46.3 Å². The van der Waals surface area contributed by atoms with E-state index in [0.29, 0.717) is 23.4 Å². The molecule has 0 fully saturated rings. The van der Waals surface area contributed by atoms with Crippen LogP contribution < -0.4 is 0 Å². The van der Waals surface area contributed by atoms with Crippen LogP contribution >= 0.6 is 0 Å². The van der Waals surface area contributed by atoms with Gasteiger partial charge in [0.05, 0.1) is 35.4 Å². The molecule has 0 spiro atoms. The van der Waals surface area contributed by atoms with E-state index in [1.54, 1.807) is 31.2 Å². The SMILES string of the molecule is CCOC(=O)c1nccc(-c2c(CN(CC)CC)c3ccccc3c3ccc4c(c23)C(c2ccc(C#N)cc2)CC(=O)C4c2cccc(C(F)(F)F)c2)n1. The quantitative estimate of drug-likeness (QED) is 0.108. The molecule has 1 aliphatic carbocycles. The van der Waals surface area contributed by atoms with Gasteiger partial charge in [-0.3, -0.25) is 9.69 Å². The highest BCUT2D eigenvalue weighted by atomic mass is 19.4. The van der Waals surface area contributed by atoms with E-state index in [4.69, 9.17) is 9.72 Å². The van der Waals surface area contributed by atoms with E-state index in [1.165, 1.54) is 12.3 Å². The maximum atomic E-state index is 14.4. The number of halogens is 3. The van der Waals surface area contributed by atoms with Gasteiger partial charge in [0.15, 0.2) is 0 Å². The maximum Gasteiger partial charge on any atom is 0.416 e. The van der Waals surface area contributed by atoms with E-state index >= 15 is 0 Å². The van der Waals surface area contributed by atoms with Gasteiger partial charge in [0, 0.05) is 30.6 Å². The summed E-state index contributed by atoms with van der Waals surface area (Å²) in [7, 11) is 0. The van der Waals surface area contributed by atoms with Crippen molar-refractivity contribution in [3.63, 3.8) is 0 Å². The molecule has 272 valence electrons. The molecule has 0 N–H and O–H groups in total. The zero-order chi connectivity index (χ0) is 38.1. The van der Waals surface area contributed by atoms with Crippen molar-refractivity contribution in [1.29, 1.82) is 5.26 Å². The summed E-state index contributed by atoms with van der Waals surface area (Å²) in [5.41, 5.74) is 4.24. The molecule has 7 nitrogen and oxygen atoms in total. The van der Waals surface area contributed by atoms with Crippen molar-refractivity contribution in [2.75, 3.05) is 19.7 Å². The Morgan fingerprint density at radius 1 is 0.907 bits per heavy atom. The smallest absolute Gasteiger partial charge is 0.416 e. The van der Waals surface area contributed by atoms with Crippen molar-refractivity contribution >= 4 is 33.3 Å². The molecule has 1 heterocycles. The molecule has 0 saturated carbocycles. The summed E-state index contributed by atoms with van der Waals surface area (Å²) >= 11 is 0. The number of ether oxygens (including phenoxy) is 1. The molecule has 2 atom stereocenters. The predicted octanol–water partition coefficient (Wildman–Crippen LogP) is 9.60. The van der Waals surface area contributed by atoms with Crippen molar-refractivity contribution in [1.82, 2.24) is 14.9 Å². The molecule has 2 unspecified atom stereocenters. The Kier molecular flexibility index (Phi) is 10.0. The summed E-state index contributed by atoms with van der Waals surface area (Å²) in [5, 5.41) is 13.2. The highest BCUT2D eigenvalue weighted by Gasteiger charge is 2.39. The molecule has 0 aliphatic heterocycles. The lowest BCUT2D eigenvalue weighted by Gasteiger charge is -2.34. The third-order valence-corrected chi connectivity index (χ3v) is 10.4. The van der Waals surface area contributed by atoms with Crippen LogP contribution in [0.25, 0.3) is 32.8 Å². The number of carbonyl (C=O) groups excluding carboxylic acids is 2. The standard InChI is InChI=1S/C44H37F3N4O3/c1-4-51(5-2)25-35-31-13-8-7-12-30(31)32-18-19-33-38(28-10-9-11-29(22-28)44(45,46)47)37(52)23-34(27-16-14-26(24-48)15-17-27)39(33)41(32)40(35)36-20-21-49-42(50-36)43(53)54-6-3/h7-22,34,38H,4-6,23,25H2,1-3H3. The fourth-order valence-corrected chi connectivity index (χ4v) is 7.86. The maximum absolute atomic E-state index is 14.4. The van der Waals surface area contributed by atoms with Gasteiger partial charge in [-0.25, -0.2) is 14.8 Å². The number of Topliss-reactive ketones (excluding diaryl/α,β-unsaturated/α-hetero) is 1. The fourth-order valence-electron chi connectivity index (χ4n) is 7.86. The number of nitrogens with zero attached hydrogens (tertiary/aromatic N) is 4. The summed E-state index contributed by atoms with van der Waals surface area (Å²) in [4.78, 5) is 38.7. The Bertz CT molecular complexity index is 2450. The first-order valence-electron chi connectivity index (χ1n) is 18.0. The first-order chi connectivity index (χ1) is 26.1. The Labute approximate surface area is 311 Å². The highest BCUT2D eigenvalue weighted by molar-refractivity contribution is 6.18. The molecule has 0 bridgehead atoms. The number of aromatic nitrogens is 2. The lowest BCUT2D eigenvalue weighted by Crippen LogP contribution is -2.27. The molecule has 54 heavy (non-hydrogen) atoms. The van der Waals surface area contributed by atoms with Crippen molar-refractivity contribution < 1.29 is 27.5 Å². The lowest BCUT2D eigenvalue weighted by molar-refractivity contribution is -0.137. The summed E-state index contributed by atoms with van der Waals surface area (Å²) in [6.07, 6.45) is -3.06. The van der Waals surface area contributed by atoms with Crippen LogP contribution in [0, 0.1) is 11.3 Å². The zero-order valence-electron chi connectivity index (χ0n) is 30.1. The van der Waals surface area contributed by atoms with E-state index in [1.807, 2.05) is 36.4 Å². The predicted molar refractivity (Wildman–Crippen MR) is 201 cm³/mol. The van der Waals surface area contributed by atoms with E-state index < -0.39 is 29.5 Å². The Morgan fingerprint density at radius 2 is 1.65 bits per heavy atom. The number of carbonyl (C=O) groups is 2. The minimum absolute atomic E-state index is 0.00835. The summed E-state index contributed by atoms with van der Waals surface area (Å²) < 4.78 is 47.5. The number of benzene rings is 5. The van der Waals surface area contributed by atoms with Gasteiger partial charge in [-0.15, -0.1) is 0 Å². The number of nitriles is 1. The van der Waals surface area contributed by atoms with Crippen molar-refractivity contribution in [2.45, 2.75) is 51.7 Å². The van der Waals surface area contributed by atoms with Gasteiger partial charge >= 0.3 is 12.1 Å². The van der Waals surface area contributed by atoms with Gasteiger partial charge in [0.1, 0.15) is 5.78 Å². The zero-order valence-corrected chi connectivity index (χ0v) is 30.1. The van der Waals surface area contributed by atoms with Crippen LogP contribution in [0.1, 0.15) is 88.6 Å². The van der Waals surface area contributed by atoms with Crippen molar-refractivity contribution in [3.8, 4) is 17.3 Å². The number of fused-ring (bicyclic) bond motifs is 5. The molecule has 5 aromatic carbocycles. The van der Waals surface area contributed by atoms with Gasteiger partial charge < -0.3 is 4.74 Å². The minimum atomic E-state index is -4.60. The second-order valence-corrected chi connectivity index (χ2v) is 13.4. The molecule has 10 heteroatoms. The number of ketones is 1. The number of hydrogen-bond acceptors (Lipinski definition) is 7. The summed E-state index contributed by atoms with van der Waals surface area (Å²) in [6.45, 7) is 8.06. The fraction of sp³-hybridized carbons (Fsp3) is 0.250. The van der Waals surface area contributed by atoms with Crippen molar-refractivity contribution in [2.24, 2.45) is 0 Å². The molecule has 1 aliphatic rings. The molecule has 0 amide bonds. The summed E-state index contributed by atoms with van der Waals surface area (Å²) in [6, 6.07) is 27.9. The number of esters is 1. The van der Waals surface area contributed by atoms with Crippen LogP contribution in [0.4, 0.5) is 13.2 Å². The normalized spacial score (nSPS) is 15.7. The first kappa shape index (κ1) is 36.4. The number of rotatable bonds is 9. The lowest BCUT2D eigenvalue weighted by atomic mass is 9.68. The van der Waals surface area contributed by atoms with E-state index in [9.17, 15) is 28.0 Å².